The summed E-state index contributed by atoms with van der Waals surface area (Å²) in [5, 5.41) is 3.24. The lowest BCUT2D eigenvalue weighted by Gasteiger charge is -2.47. The first-order chi connectivity index (χ1) is 15.6. The molecule has 1 aromatic rings. The number of piperidine rings is 2. The van der Waals surface area contributed by atoms with Crippen LogP contribution in [0, 0.1) is 5.92 Å². The zero-order valence-electron chi connectivity index (χ0n) is 19.5. The van der Waals surface area contributed by atoms with Gasteiger partial charge in [-0.05, 0) is 62.9 Å². The van der Waals surface area contributed by atoms with Gasteiger partial charge in [-0.25, -0.2) is 0 Å². The monoisotopic (exact) mass is 441 g/mol. The molecule has 3 saturated heterocycles. The number of pyridine rings is 1. The third-order valence-corrected chi connectivity index (χ3v) is 7.65. The topological polar surface area (TPSA) is 68.8 Å². The number of carbonyl (C=O) groups excluding carboxylic acids is 2. The molecule has 0 spiro atoms. The standard InChI is InChI=1S/C25H39N5O2/c1-20(31)28-15-8-22(9-16-28)29-17-10-23-24(19-29)30(18-21-6-12-26-13-7-21)14-5-3-2-4-11-27-25(23)32/h6-7,12-13,22-24H,2-5,8-11,14-19H2,1H3,(H,27,32)/t23-,24+/m0/s1. The molecule has 7 heteroatoms. The van der Waals surface area contributed by atoms with Crippen molar-refractivity contribution in [3.63, 3.8) is 0 Å². The van der Waals surface area contributed by atoms with E-state index < -0.39 is 0 Å². The molecule has 176 valence electrons. The van der Waals surface area contributed by atoms with Crippen LogP contribution in [0.3, 0.4) is 0 Å². The predicted molar refractivity (Wildman–Crippen MR) is 125 cm³/mol. The van der Waals surface area contributed by atoms with Crippen LogP contribution < -0.4 is 5.32 Å². The van der Waals surface area contributed by atoms with Gasteiger partial charge in [0, 0.05) is 64.1 Å². The second-order valence-electron chi connectivity index (χ2n) is 9.73. The number of hydrogen-bond acceptors (Lipinski definition) is 5. The summed E-state index contributed by atoms with van der Waals surface area (Å²) < 4.78 is 0. The summed E-state index contributed by atoms with van der Waals surface area (Å²) in [6, 6.07) is 4.92. The van der Waals surface area contributed by atoms with Crippen molar-refractivity contribution in [3.8, 4) is 0 Å². The number of nitrogens with zero attached hydrogens (tertiary/aromatic N) is 4. The van der Waals surface area contributed by atoms with Crippen LogP contribution in [0.5, 0.6) is 0 Å². The Bertz CT molecular complexity index is 750. The van der Waals surface area contributed by atoms with Gasteiger partial charge in [0.1, 0.15) is 0 Å². The fourth-order valence-electron chi connectivity index (χ4n) is 5.73. The molecule has 3 aliphatic rings. The molecule has 0 radical (unpaired) electrons. The second kappa shape index (κ2) is 11.2. The van der Waals surface area contributed by atoms with Gasteiger partial charge < -0.3 is 10.2 Å². The number of fused-ring (bicyclic) bond motifs is 1. The quantitative estimate of drug-likeness (QED) is 0.779. The number of likely N-dealkylation sites (tertiary alicyclic amines) is 2. The maximum Gasteiger partial charge on any atom is 0.224 e. The van der Waals surface area contributed by atoms with Crippen molar-refractivity contribution in [2.75, 3.05) is 39.3 Å². The van der Waals surface area contributed by atoms with Crippen molar-refractivity contribution in [3.05, 3.63) is 30.1 Å². The van der Waals surface area contributed by atoms with Crippen LogP contribution in [0.15, 0.2) is 24.5 Å². The number of hydrogen-bond donors (Lipinski definition) is 1. The highest BCUT2D eigenvalue weighted by Gasteiger charge is 2.40. The Morgan fingerprint density at radius 3 is 2.53 bits per heavy atom. The Labute approximate surface area is 192 Å². The summed E-state index contributed by atoms with van der Waals surface area (Å²) in [6.45, 7) is 8.00. The molecule has 0 bridgehead atoms. The number of amides is 2. The summed E-state index contributed by atoms with van der Waals surface area (Å²) in [4.78, 5) is 36.2. The molecule has 1 aromatic heterocycles. The molecule has 4 heterocycles. The summed E-state index contributed by atoms with van der Waals surface area (Å²) in [6.07, 6.45) is 11.4. The minimum absolute atomic E-state index is 0.0449. The Hall–Kier alpha value is -1.99. The third-order valence-electron chi connectivity index (χ3n) is 7.65. The van der Waals surface area contributed by atoms with Crippen molar-refractivity contribution >= 4 is 11.8 Å². The highest BCUT2D eigenvalue weighted by molar-refractivity contribution is 5.79. The molecule has 0 aliphatic carbocycles. The van der Waals surface area contributed by atoms with Crippen molar-refractivity contribution in [2.45, 2.75) is 70.5 Å². The Balaban J connectivity index is 1.51. The average molecular weight is 442 g/mol. The van der Waals surface area contributed by atoms with Crippen molar-refractivity contribution in [1.82, 2.24) is 25.0 Å². The van der Waals surface area contributed by atoms with E-state index >= 15 is 0 Å². The Kier molecular flexibility index (Phi) is 8.14. The van der Waals surface area contributed by atoms with Crippen molar-refractivity contribution < 1.29 is 9.59 Å². The van der Waals surface area contributed by atoms with E-state index in [2.05, 4.69) is 32.2 Å². The third kappa shape index (κ3) is 5.87. The number of nitrogens with one attached hydrogen (secondary N) is 1. The molecule has 0 saturated carbocycles. The molecule has 7 nitrogen and oxygen atoms in total. The molecule has 2 amide bonds. The number of carbonyl (C=O) groups is 2. The molecule has 1 N–H and O–H groups in total. The fourth-order valence-corrected chi connectivity index (χ4v) is 5.73. The van der Waals surface area contributed by atoms with E-state index in [0.29, 0.717) is 6.04 Å². The number of aromatic nitrogens is 1. The van der Waals surface area contributed by atoms with Crippen LogP contribution >= 0.6 is 0 Å². The molecule has 0 aromatic carbocycles. The van der Waals surface area contributed by atoms with Gasteiger partial charge in [0.25, 0.3) is 0 Å². The minimum Gasteiger partial charge on any atom is -0.356 e. The molecular formula is C25H39N5O2. The molecule has 2 atom stereocenters. The summed E-state index contributed by atoms with van der Waals surface area (Å²) >= 11 is 0. The highest BCUT2D eigenvalue weighted by Crippen LogP contribution is 2.29. The van der Waals surface area contributed by atoms with E-state index in [1.807, 2.05) is 17.3 Å². The lowest BCUT2D eigenvalue weighted by Crippen LogP contribution is -2.59. The van der Waals surface area contributed by atoms with Crippen LogP contribution in [-0.4, -0.2) is 82.9 Å². The van der Waals surface area contributed by atoms with E-state index in [-0.39, 0.29) is 23.8 Å². The van der Waals surface area contributed by atoms with E-state index in [9.17, 15) is 9.59 Å². The van der Waals surface area contributed by atoms with Crippen LogP contribution in [0.4, 0.5) is 0 Å². The van der Waals surface area contributed by atoms with Crippen LogP contribution in [0.2, 0.25) is 0 Å². The summed E-state index contributed by atoms with van der Waals surface area (Å²) in [7, 11) is 0. The van der Waals surface area contributed by atoms with Gasteiger partial charge >= 0.3 is 0 Å². The average Bonchev–Trinajstić information content (AvgIpc) is 2.85. The zero-order valence-corrected chi connectivity index (χ0v) is 19.5. The largest absolute Gasteiger partial charge is 0.356 e. The van der Waals surface area contributed by atoms with E-state index in [0.717, 1.165) is 71.5 Å². The Morgan fingerprint density at radius 2 is 1.78 bits per heavy atom. The van der Waals surface area contributed by atoms with Gasteiger partial charge in [0.05, 0.1) is 5.92 Å². The van der Waals surface area contributed by atoms with E-state index in [1.54, 1.807) is 6.92 Å². The van der Waals surface area contributed by atoms with Gasteiger partial charge in [-0.2, -0.15) is 0 Å². The fraction of sp³-hybridized carbons (Fsp3) is 0.720. The van der Waals surface area contributed by atoms with Gasteiger partial charge in [-0.1, -0.05) is 12.8 Å². The zero-order chi connectivity index (χ0) is 22.3. The van der Waals surface area contributed by atoms with Crippen LogP contribution in [0.1, 0.15) is 57.4 Å². The molecule has 3 fully saturated rings. The first-order valence-corrected chi connectivity index (χ1v) is 12.5. The van der Waals surface area contributed by atoms with Gasteiger partial charge in [0.2, 0.25) is 11.8 Å². The smallest absolute Gasteiger partial charge is 0.224 e. The van der Waals surface area contributed by atoms with E-state index in [1.165, 1.54) is 24.8 Å². The summed E-state index contributed by atoms with van der Waals surface area (Å²) in [5.41, 5.74) is 1.26. The van der Waals surface area contributed by atoms with Gasteiger partial charge in [0.15, 0.2) is 0 Å². The van der Waals surface area contributed by atoms with Gasteiger partial charge in [-0.3, -0.25) is 24.4 Å². The van der Waals surface area contributed by atoms with Crippen LogP contribution in [0.25, 0.3) is 0 Å². The second-order valence-corrected chi connectivity index (χ2v) is 9.73. The van der Waals surface area contributed by atoms with Gasteiger partial charge in [-0.15, -0.1) is 0 Å². The predicted octanol–water partition coefficient (Wildman–Crippen LogP) is 2.28. The number of rotatable bonds is 3. The molecule has 0 unspecified atom stereocenters. The van der Waals surface area contributed by atoms with Crippen LogP contribution in [-0.2, 0) is 16.1 Å². The molecular weight excluding hydrogens is 402 g/mol. The highest BCUT2D eigenvalue weighted by atomic mass is 16.2. The maximum absolute atomic E-state index is 13.2. The lowest BCUT2D eigenvalue weighted by molar-refractivity contribution is -0.133. The first-order valence-electron chi connectivity index (χ1n) is 12.5. The Morgan fingerprint density at radius 1 is 1.03 bits per heavy atom. The van der Waals surface area contributed by atoms with Crippen molar-refractivity contribution in [1.29, 1.82) is 0 Å². The maximum atomic E-state index is 13.2. The van der Waals surface area contributed by atoms with E-state index in [4.69, 9.17) is 0 Å². The summed E-state index contributed by atoms with van der Waals surface area (Å²) in [5.74, 6) is 0.469. The first kappa shape index (κ1) is 23.2. The normalized spacial score (nSPS) is 27.3. The minimum atomic E-state index is 0.0449. The molecule has 4 rings (SSSR count). The SMILES string of the molecule is CC(=O)N1CCC(N2CC[C@@H]3C(=O)NCCCCCCN(Cc4ccncc4)[C@@H]3C2)CC1. The molecule has 3 aliphatic heterocycles. The van der Waals surface area contributed by atoms with Crippen molar-refractivity contribution in [2.24, 2.45) is 5.92 Å². The molecule has 32 heavy (non-hydrogen) atoms. The lowest BCUT2D eigenvalue weighted by atomic mass is 9.87.